The zero-order valence-electron chi connectivity index (χ0n) is 13.5. The number of amides is 4. The van der Waals surface area contributed by atoms with Crippen LogP contribution in [0.2, 0.25) is 0 Å². The van der Waals surface area contributed by atoms with Gasteiger partial charge in [0.2, 0.25) is 29.6 Å². The molecule has 0 aliphatic carbocycles. The van der Waals surface area contributed by atoms with Gasteiger partial charge in [-0.05, 0) is 12.8 Å². The number of aromatic nitrogens is 3. The molecule has 9 heteroatoms. The summed E-state index contributed by atoms with van der Waals surface area (Å²) in [6.07, 6.45) is 4.02. The van der Waals surface area contributed by atoms with Crippen LogP contribution in [-0.2, 0) is 19.2 Å². The molecule has 2 atom stereocenters. The van der Waals surface area contributed by atoms with Gasteiger partial charge >= 0.3 is 0 Å². The highest BCUT2D eigenvalue weighted by atomic mass is 16.2. The van der Waals surface area contributed by atoms with Gasteiger partial charge in [-0.3, -0.25) is 19.2 Å². The van der Waals surface area contributed by atoms with Crippen molar-refractivity contribution in [1.82, 2.24) is 15.2 Å². The molecule has 2 fully saturated rings. The average Bonchev–Trinajstić information content (AvgIpc) is 3.20. The molecule has 0 bridgehead atoms. The van der Waals surface area contributed by atoms with Gasteiger partial charge in [-0.25, -0.2) is 14.9 Å². The molecular formula is C16H17N5O4. The molecule has 9 nitrogen and oxygen atoms in total. The van der Waals surface area contributed by atoms with Crippen molar-refractivity contribution in [2.75, 3.05) is 9.80 Å². The van der Waals surface area contributed by atoms with Crippen LogP contribution < -0.4 is 9.80 Å². The lowest BCUT2D eigenvalue weighted by Crippen LogP contribution is -2.32. The fourth-order valence-corrected chi connectivity index (χ4v) is 3.04. The number of rotatable bonds is 6. The normalized spacial score (nSPS) is 23.7. The van der Waals surface area contributed by atoms with E-state index in [9.17, 15) is 19.2 Å². The van der Waals surface area contributed by atoms with Crippen LogP contribution in [-0.4, -0.2) is 38.8 Å². The molecule has 130 valence electrons. The highest BCUT2D eigenvalue weighted by Crippen LogP contribution is 2.30. The van der Waals surface area contributed by atoms with Crippen molar-refractivity contribution in [2.45, 2.75) is 25.7 Å². The van der Waals surface area contributed by atoms with E-state index in [0.29, 0.717) is 12.8 Å². The number of nitrogens with one attached hydrogen (secondary N) is 1. The molecule has 2 saturated heterocycles. The van der Waals surface area contributed by atoms with E-state index in [2.05, 4.69) is 28.3 Å². The molecule has 4 amide bonds. The second-order valence-corrected chi connectivity index (χ2v) is 5.94. The van der Waals surface area contributed by atoms with Gasteiger partial charge in [-0.15, -0.1) is 18.3 Å². The number of anilines is 2. The van der Waals surface area contributed by atoms with Crippen LogP contribution in [0.4, 0.5) is 11.9 Å². The fraction of sp³-hybridized carbons (Fsp3) is 0.375. The number of allylic oxidation sites excluding steroid dienone is 2. The summed E-state index contributed by atoms with van der Waals surface area (Å²) in [5.41, 5.74) is 0. The standard InChI is InChI=1S/C16H17N5O4/c1-3-5-9-7-11(22)20(13(9)24)15-17-16(19-18-15)21-12(23)8-10(6-4-2)14(21)25/h3-4,9-10H,1-2,5-8H2,(H,17,18,19). The van der Waals surface area contributed by atoms with E-state index >= 15 is 0 Å². The smallest absolute Gasteiger partial charge is 0.259 e. The molecule has 3 rings (SSSR count). The van der Waals surface area contributed by atoms with Gasteiger partial charge in [0.15, 0.2) is 0 Å². The van der Waals surface area contributed by atoms with Crippen LogP contribution >= 0.6 is 0 Å². The second kappa shape index (κ2) is 6.42. The first-order valence-corrected chi connectivity index (χ1v) is 7.85. The van der Waals surface area contributed by atoms with E-state index < -0.39 is 35.5 Å². The van der Waals surface area contributed by atoms with Crippen molar-refractivity contribution in [1.29, 1.82) is 0 Å². The molecule has 3 heterocycles. The lowest BCUT2D eigenvalue weighted by molar-refractivity contribution is -0.123. The highest BCUT2D eigenvalue weighted by Gasteiger charge is 2.43. The van der Waals surface area contributed by atoms with Gasteiger partial charge in [0.1, 0.15) is 0 Å². The number of imide groups is 2. The van der Waals surface area contributed by atoms with Crippen molar-refractivity contribution in [3.63, 3.8) is 0 Å². The van der Waals surface area contributed by atoms with Crippen molar-refractivity contribution < 1.29 is 19.2 Å². The third-order valence-electron chi connectivity index (χ3n) is 4.26. The lowest BCUT2D eigenvalue weighted by atomic mass is 10.0. The topological polar surface area (TPSA) is 116 Å². The van der Waals surface area contributed by atoms with Crippen LogP contribution in [0.3, 0.4) is 0 Å². The minimum Gasteiger partial charge on any atom is -0.274 e. The van der Waals surface area contributed by atoms with Gasteiger partial charge in [-0.2, -0.15) is 4.98 Å². The SMILES string of the molecule is C=CCC1CC(=O)N(c2n[nH]c(N3C(=O)CC(CC=C)C3=O)n2)C1=O. The summed E-state index contributed by atoms with van der Waals surface area (Å²) in [5.74, 6) is -2.89. The number of aromatic amines is 1. The fourth-order valence-electron chi connectivity index (χ4n) is 3.04. The summed E-state index contributed by atoms with van der Waals surface area (Å²) < 4.78 is 0. The molecule has 1 aromatic heterocycles. The lowest BCUT2D eigenvalue weighted by Gasteiger charge is -2.11. The summed E-state index contributed by atoms with van der Waals surface area (Å²) >= 11 is 0. The number of H-pyrrole nitrogens is 1. The summed E-state index contributed by atoms with van der Waals surface area (Å²) in [6.45, 7) is 7.14. The Hall–Kier alpha value is -3.10. The van der Waals surface area contributed by atoms with Crippen molar-refractivity contribution in [3.8, 4) is 0 Å². The quantitative estimate of drug-likeness (QED) is 0.601. The Kier molecular flexibility index (Phi) is 4.30. The van der Waals surface area contributed by atoms with Gasteiger partial charge in [0.25, 0.3) is 5.95 Å². The predicted octanol–water partition coefficient (Wildman–Crippen LogP) is 0.716. The molecule has 25 heavy (non-hydrogen) atoms. The molecule has 1 aromatic rings. The Morgan fingerprint density at radius 1 is 0.960 bits per heavy atom. The van der Waals surface area contributed by atoms with E-state index in [1.807, 2.05) is 0 Å². The zero-order valence-corrected chi connectivity index (χ0v) is 13.5. The van der Waals surface area contributed by atoms with Crippen molar-refractivity contribution in [2.24, 2.45) is 11.8 Å². The number of nitrogens with zero attached hydrogens (tertiary/aromatic N) is 4. The van der Waals surface area contributed by atoms with Crippen LogP contribution in [0.25, 0.3) is 0 Å². The zero-order chi connectivity index (χ0) is 18.1. The van der Waals surface area contributed by atoms with Gasteiger partial charge in [-0.1, -0.05) is 12.2 Å². The molecule has 0 saturated carbocycles. The number of carbonyl (C=O) groups is 4. The van der Waals surface area contributed by atoms with Crippen LogP contribution in [0.5, 0.6) is 0 Å². The molecule has 2 unspecified atom stereocenters. The maximum absolute atomic E-state index is 12.3. The monoisotopic (exact) mass is 343 g/mol. The van der Waals surface area contributed by atoms with E-state index in [0.717, 1.165) is 9.80 Å². The number of carbonyl (C=O) groups excluding carboxylic acids is 4. The summed E-state index contributed by atoms with van der Waals surface area (Å²) in [7, 11) is 0. The Morgan fingerprint density at radius 2 is 1.48 bits per heavy atom. The molecule has 0 spiro atoms. The maximum atomic E-state index is 12.3. The number of hydrogen-bond donors (Lipinski definition) is 1. The third-order valence-corrected chi connectivity index (χ3v) is 4.26. The summed E-state index contributed by atoms with van der Waals surface area (Å²) in [5, 5.41) is 6.30. The first kappa shape index (κ1) is 16.7. The Labute approximate surface area is 143 Å². The van der Waals surface area contributed by atoms with E-state index in [1.165, 1.54) is 0 Å². The molecule has 1 N–H and O–H groups in total. The van der Waals surface area contributed by atoms with Gasteiger partial charge < -0.3 is 0 Å². The molecule has 0 radical (unpaired) electrons. The van der Waals surface area contributed by atoms with Crippen LogP contribution in [0.15, 0.2) is 25.3 Å². The van der Waals surface area contributed by atoms with Crippen molar-refractivity contribution >= 4 is 35.5 Å². The minimum absolute atomic E-state index is 0.0533. The Morgan fingerprint density at radius 3 is 2.04 bits per heavy atom. The van der Waals surface area contributed by atoms with E-state index in [1.54, 1.807) is 12.2 Å². The summed E-state index contributed by atoms with van der Waals surface area (Å²) in [6, 6.07) is 0. The third kappa shape index (κ3) is 2.77. The minimum atomic E-state index is -0.487. The van der Waals surface area contributed by atoms with Crippen LogP contribution in [0.1, 0.15) is 25.7 Å². The summed E-state index contributed by atoms with van der Waals surface area (Å²) in [4.78, 5) is 54.6. The van der Waals surface area contributed by atoms with Gasteiger partial charge in [0, 0.05) is 12.8 Å². The first-order valence-electron chi connectivity index (χ1n) is 7.85. The van der Waals surface area contributed by atoms with E-state index in [-0.39, 0.29) is 24.7 Å². The molecule has 2 aliphatic heterocycles. The highest BCUT2D eigenvalue weighted by molar-refractivity contribution is 6.21. The predicted molar refractivity (Wildman–Crippen MR) is 87.2 cm³/mol. The maximum Gasteiger partial charge on any atom is 0.259 e. The molecule has 0 aromatic carbocycles. The Bertz CT molecular complexity index is 721. The first-order chi connectivity index (χ1) is 12.0. The molecular weight excluding hydrogens is 326 g/mol. The largest absolute Gasteiger partial charge is 0.274 e. The molecule has 2 aliphatic rings. The number of hydrogen-bond acceptors (Lipinski definition) is 6. The second-order valence-electron chi connectivity index (χ2n) is 5.94. The van der Waals surface area contributed by atoms with Gasteiger partial charge in [0.05, 0.1) is 11.8 Å². The van der Waals surface area contributed by atoms with Crippen molar-refractivity contribution in [3.05, 3.63) is 25.3 Å². The Balaban J connectivity index is 1.83. The average molecular weight is 343 g/mol. The van der Waals surface area contributed by atoms with Crippen LogP contribution in [0, 0.1) is 11.8 Å². The van der Waals surface area contributed by atoms with E-state index in [4.69, 9.17) is 0 Å².